The largest absolute Gasteiger partial charge is 0.306 e. The van der Waals surface area contributed by atoms with Crippen LogP contribution in [0.5, 0.6) is 0 Å². The van der Waals surface area contributed by atoms with Crippen LogP contribution in [0.4, 0.5) is 0 Å². The minimum absolute atomic E-state index is 0.446. The number of nitrogens with zero attached hydrogens (tertiary/aromatic N) is 3. The first-order valence-electron chi connectivity index (χ1n) is 5.35. The van der Waals surface area contributed by atoms with Crippen molar-refractivity contribution in [3.05, 3.63) is 22.7 Å². The van der Waals surface area contributed by atoms with Crippen molar-refractivity contribution in [1.82, 2.24) is 14.9 Å². The van der Waals surface area contributed by atoms with Crippen LogP contribution in [0, 0.1) is 6.92 Å². The Morgan fingerprint density at radius 2 is 2.27 bits per heavy atom. The maximum atomic E-state index is 5.94. The molecule has 1 saturated heterocycles. The van der Waals surface area contributed by atoms with E-state index in [1.165, 1.54) is 19.4 Å². The standard InChI is InChI=1S/C11H16ClN3/c1-8-6-10(12)14-11(13-8)9-4-3-5-15(2)7-9/h6,9H,3-5,7H2,1-2H3. The summed E-state index contributed by atoms with van der Waals surface area (Å²) >= 11 is 5.94. The van der Waals surface area contributed by atoms with Crippen LogP contribution < -0.4 is 0 Å². The van der Waals surface area contributed by atoms with Crippen LogP contribution in [0.3, 0.4) is 0 Å². The van der Waals surface area contributed by atoms with Crippen molar-refractivity contribution in [2.75, 3.05) is 20.1 Å². The average molecular weight is 226 g/mol. The predicted octanol–water partition coefficient (Wildman–Crippen LogP) is 2.25. The molecule has 4 heteroatoms. The van der Waals surface area contributed by atoms with Crippen molar-refractivity contribution >= 4 is 11.6 Å². The molecule has 3 nitrogen and oxygen atoms in total. The van der Waals surface area contributed by atoms with Gasteiger partial charge in [-0.05, 0) is 39.4 Å². The molecule has 0 amide bonds. The molecule has 1 atom stereocenters. The fourth-order valence-corrected chi connectivity index (χ4v) is 2.36. The van der Waals surface area contributed by atoms with Gasteiger partial charge in [0.05, 0.1) is 0 Å². The highest BCUT2D eigenvalue weighted by Crippen LogP contribution is 2.24. The number of rotatable bonds is 1. The Bertz CT molecular complexity index is 333. The van der Waals surface area contributed by atoms with Gasteiger partial charge >= 0.3 is 0 Å². The molecular weight excluding hydrogens is 210 g/mol. The summed E-state index contributed by atoms with van der Waals surface area (Å²) in [6.07, 6.45) is 2.39. The molecule has 0 radical (unpaired) electrons. The topological polar surface area (TPSA) is 29.0 Å². The maximum absolute atomic E-state index is 5.94. The van der Waals surface area contributed by atoms with E-state index < -0.39 is 0 Å². The van der Waals surface area contributed by atoms with E-state index in [1.54, 1.807) is 6.07 Å². The number of hydrogen-bond donors (Lipinski definition) is 0. The molecule has 0 spiro atoms. The van der Waals surface area contributed by atoms with E-state index in [9.17, 15) is 0 Å². The number of likely N-dealkylation sites (tertiary alicyclic amines) is 1. The Morgan fingerprint density at radius 3 is 2.93 bits per heavy atom. The van der Waals surface area contributed by atoms with Gasteiger partial charge in [-0.3, -0.25) is 0 Å². The van der Waals surface area contributed by atoms with Crippen LogP contribution in [0.2, 0.25) is 5.15 Å². The van der Waals surface area contributed by atoms with E-state index in [-0.39, 0.29) is 0 Å². The fraction of sp³-hybridized carbons (Fsp3) is 0.636. The minimum atomic E-state index is 0.446. The zero-order valence-corrected chi connectivity index (χ0v) is 9.96. The molecule has 0 saturated carbocycles. The molecule has 1 aromatic heterocycles. The SMILES string of the molecule is Cc1cc(Cl)nc(C2CCCN(C)C2)n1. The van der Waals surface area contributed by atoms with Gasteiger partial charge in [-0.15, -0.1) is 0 Å². The molecule has 1 fully saturated rings. The van der Waals surface area contributed by atoms with E-state index >= 15 is 0 Å². The van der Waals surface area contributed by atoms with Crippen LogP contribution in [0.15, 0.2) is 6.07 Å². The monoisotopic (exact) mass is 225 g/mol. The van der Waals surface area contributed by atoms with E-state index in [2.05, 4.69) is 21.9 Å². The molecule has 0 bridgehead atoms. The molecule has 0 N–H and O–H groups in total. The van der Waals surface area contributed by atoms with Crippen molar-refractivity contribution in [3.63, 3.8) is 0 Å². The molecule has 1 aliphatic heterocycles. The summed E-state index contributed by atoms with van der Waals surface area (Å²) in [5, 5.41) is 0.561. The normalized spacial score (nSPS) is 23.0. The van der Waals surface area contributed by atoms with Gasteiger partial charge < -0.3 is 4.90 Å². The van der Waals surface area contributed by atoms with Gasteiger partial charge in [-0.25, -0.2) is 9.97 Å². The molecule has 1 unspecified atom stereocenters. The molecule has 2 rings (SSSR count). The molecule has 2 heterocycles. The Kier molecular flexibility index (Phi) is 3.22. The highest BCUT2D eigenvalue weighted by molar-refractivity contribution is 6.29. The Balaban J connectivity index is 2.20. The van der Waals surface area contributed by atoms with Gasteiger partial charge in [0, 0.05) is 18.2 Å². The van der Waals surface area contributed by atoms with E-state index in [4.69, 9.17) is 11.6 Å². The molecule has 15 heavy (non-hydrogen) atoms. The number of likely N-dealkylation sites (N-methyl/N-ethyl adjacent to an activating group) is 1. The molecule has 0 aliphatic carbocycles. The summed E-state index contributed by atoms with van der Waals surface area (Å²) in [4.78, 5) is 11.1. The van der Waals surface area contributed by atoms with Gasteiger partial charge in [-0.1, -0.05) is 11.6 Å². The van der Waals surface area contributed by atoms with E-state index in [0.717, 1.165) is 18.1 Å². The average Bonchev–Trinajstić information content (AvgIpc) is 2.16. The predicted molar refractivity (Wildman–Crippen MR) is 61.3 cm³/mol. The van der Waals surface area contributed by atoms with Crippen molar-refractivity contribution < 1.29 is 0 Å². The molecule has 1 aliphatic rings. The third-order valence-electron chi connectivity index (χ3n) is 2.83. The quantitative estimate of drug-likeness (QED) is 0.687. The second-order valence-electron chi connectivity index (χ2n) is 4.29. The lowest BCUT2D eigenvalue weighted by atomic mass is 9.97. The summed E-state index contributed by atoms with van der Waals surface area (Å²) in [5.74, 6) is 1.35. The summed E-state index contributed by atoms with van der Waals surface area (Å²) in [5.41, 5.74) is 0.957. The summed E-state index contributed by atoms with van der Waals surface area (Å²) < 4.78 is 0. The summed E-state index contributed by atoms with van der Waals surface area (Å²) in [6.45, 7) is 4.18. The van der Waals surface area contributed by atoms with E-state index in [1.807, 2.05) is 6.92 Å². The number of piperidine rings is 1. The molecule has 0 aromatic carbocycles. The smallest absolute Gasteiger partial charge is 0.134 e. The molecule has 1 aromatic rings. The lowest BCUT2D eigenvalue weighted by Gasteiger charge is -2.28. The van der Waals surface area contributed by atoms with Gasteiger partial charge in [0.2, 0.25) is 0 Å². The summed E-state index contributed by atoms with van der Waals surface area (Å²) in [6, 6.07) is 1.80. The number of hydrogen-bond acceptors (Lipinski definition) is 3. The first kappa shape index (κ1) is 10.8. The maximum Gasteiger partial charge on any atom is 0.134 e. The van der Waals surface area contributed by atoms with Crippen LogP contribution in [-0.4, -0.2) is 35.0 Å². The van der Waals surface area contributed by atoms with E-state index in [0.29, 0.717) is 11.1 Å². The third kappa shape index (κ3) is 2.67. The van der Waals surface area contributed by atoms with Crippen LogP contribution in [0.25, 0.3) is 0 Å². The lowest BCUT2D eigenvalue weighted by molar-refractivity contribution is 0.245. The zero-order chi connectivity index (χ0) is 10.8. The van der Waals surface area contributed by atoms with Crippen molar-refractivity contribution in [2.45, 2.75) is 25.7 Å². The van der Waals surface area contributed by atoms with Crippen LogP contribution in [-0.2, 0) is 0 Å². The van der Waals surface area contributed by atoms with Crippen molar-refractivity contribution in [2.24, 2.45) is 0 Å². The summed E-state index contributed by atoms with van der Waals surface area (Å²) in [7, 11) is 2.14. The van der Waals surface area contributed by atoms with Gasteiger partial charge in [0.1, 0.15) is 11.0 Å². The Morgan fingerprint density at radius 1 is 1.47 bits per heavy atom. The Labute approximate surface area is 95.5 Å². The van der Waals surface area contributed by atoms with Gasteiger partial charge in [0.25, 0.3) is 0 Å². The van der Waals surface area contributed by atoms with Gasteiger partial charge in [0.15, 0.2) is 0 Å². The number of halogens is 1. The zero-order valence-electron chi connectivity index (χ0n) is 9.20. The van der Waals surface area contributed by atoms with Gasteiger partial charge in [-0.2, -0.15) is 0 Å². The first-order chi connectivity index (χ1) is 7.15. The Hall–Kier alpha value is -0.670. The van der Waals surface area contributed by atoms with Crippen molar-refractivity contribution in [1.29, 1.82) is 0 Å². The van der Waals surface area contributed by atoms with Crippen LogP contribution >= 0.6 is 11.6 Å². The van der Waals surface area contributed by atoms with Crippen LogP contribution in [0.1, 0.15) is 30.3 Å². The van der Waals surface area contributed by atoms with Crippen molar-refractivity contribution in [3.8, 4) is 0 Å². The number of aromatic nitrogens is 2. The third-order valence-corrected chi connectivity index (χ3v) is 3.02. The molecular formula is C11H16ClN3. The highest BCUT2D eigenvalue weighted by atomic mass is 35.5. The minimum Gasteiger partial charge on any atom is -0.306 e. The second-order valence-corrected chi connectivity index (χ2v) is 4.68. The first-order valence-corrected chi connectivity index (χ1v) is 5.72. The second kappa shape index (κ2) is 4.45. The lowest BCUT2D eigenvalue weighted by Crippen LogP contribution is -2.31. The fourth-order valence-electron chi connectivity index (χ4n) is 2.11. The number of aryl methyl sites for hydroxylation is 1. The highest BCUT2D eigenvalue weighted by Gasteiger charge is 2.21. The molecule has 82 valence electrons.